The first kappa shape index (κ1) is 22.1. The van der Waals surface area contributed by atoms with Crippen LogP contribution in [0.25, 0.3) is 0 Å². The second kappa shape index (κ2) is 9.45. The SMILES string of the molecule is CCc1ccc(C(=O)Nc2cc(Cl)cc(CN3CCN(C(=O)O)C(C)C3)c2C)cn1. The fourth-order valence-electron chi connectivity index (χ4n) is 3.69. The van der Waals surface area contributed by atoms with Crippen LogP contribution in [-0.2, 0) is 13.0 Å². The lowest BCUT2D eigenvalue weighted by Crippen LogP contribution is -2.53. The van der Waals surface area contributed by atoms with E-state index in [1.54, 1.807) is 18.3 Å². The monoisotopic (exact) mass is 430 g/mol. The Morgan fingerprint density at radius 1 is 1.30 bits per heavy atom. The Morgan fingerprint density at radius 3 is 2.67 bits per heavy atom. The average molecular weight is 431 g/mol. The number of halogens is 1. The van der Waals surface area contributed by atoms with Crippen LogP contribution >= 0.6 is 11.6 Å². The number of carboxylic acid groups (broad SMARTS) is 1. The summed E-state index contributed by atoms with van der Waals surface area (Å²) in [6, 6.07) is 7.19. The third-order valence-corrected chi connectivity index (χ3v) is 5.75. The van der Waals surface area contributed by atoms with Crippen molar-refractivity contribution in [2.24, 2.45) is 0 Å². The zero-order valence-corrected chi connectivity index (χ0v) is 18.2. The molecule has 1 unspecified atom stereocenters. The third kappa shape index (κ3) is 5.09. The summed E-state index contributed by atoms with van der Waals surface area (Å²) in [5.41, 5.74) is 4.04. The summed E-state index contributed by atoms with van der Waals surface area (Å²) < 4.78 is 0. The maximum Gasteiger partial charge on any atom is 0.407 e. The molecular formula is C22H27ClN4O3. The van der Waals surface area contributed by atoms with E-state index in [-0.39, 0.29) is 11.9 Å². The summed E-state index contributed by atoms with van der Waals surface area (Å²) in [4.78, 5) is 31.9. The maximum absolute atomic E-state index is 12.7. The minimum Gasteiger partial charge on any atom is -0.465 e. The Bertz CT molecular complexity index is 933. The second-order valence-electron chi connectivity index (χ2n) is 7.64. The highest BCUT2D eigenvalue weighted by atomic mass is 35.5. The Hall–Kier alpha value is -2.64. The van der Waals surface area contributed by atoms with Gasteiger partial charge in [0.05, 0.1) is 5.56 Å². The van der Waals surface area contributed by atoms with Crippen LogP contribution in [0.5, 0.6) is 0 Å². The standard InChI is InChI=1S/C22H27ClN4O3/c1-4-19-6-5-16(11-24-19)21(28)25-20-10-18(23)9-17(15(20)3)13-26-7-8-27(22(29)30)14(2)12-26/h5-6,9-11,14H,4,7-8,12-13H2,1-3H3,(H,25,28)(H,29,30). The van der Waals surface area contributed by atoms with E-state index in [9.17, 15) is 14.7 Å². The number of piperazine rings is 1. The number of hydrogen-bond acceptors (Lipinski definition) is 4. The fourth-order valence-corrected chi connectivity index (χ4v) is 3.93. The molecule has 0 radical (unpaired) electrons. The molecule has 0 aliphatic carbocycles. The van der Waals surface area contributed by atoms with E-state index in [0.717, 1.165) is 23.2 Å². The predicted molar refractivity (Wildman–Crippen MR) is 117 cm³/mol. The van der Waals surface area contributed by atoms with Gasteiger partial charge in [0.25, 0.3) is 5.91 Å². The lowest BCUT2D eigenvalue weighted by molar-refractivity contribution is 0.0710. The van der Waals surface area contributed by atoms with Gasteiger partial charge < -0.3 is 15.3 Å². The van der Waals surface area contributed by atoms with Crippen molar-refractivity contribution < 1.29 is 14.7 Å². The van der Waals surface area contributed by atoms with Crippen molar-refractivity contribution in [2.75, 3.05) is 25.0 Å². The molecule has 1 atom stereocenters. The first-order chi connectivity index (χ1) is 14.3. The summed E-state index contributed by atoms with van der Waals surface area (Å²) >= 11 is 6.33. The Kier molecular flexibility index (Phi) is 6.95. The topological polar surface area (TPSA) is 85.8 Å². The van der Waals surface area contributed by atoms with Crippen LogP contribution in [0.1, 0.15) is 41.0 Å². The van der Waals surface area contributed by atoms with Crippen LogP contribution in [0, 0.1) is 6.92 Å². The molecular weight excluding hydrogens is 404 g/mol. The van der Waals surface area contributed by atoms with Crippen molar-refractivity contribution in [1.29, 1.82) is 0 Å². The Morgan fingerprint density at radius 2 is 2.07 bits per heavy atom. The van der Waals surface area contributed by atoms with Crippen LogP contribution in [0.3, 0.4) is 0 Å². The number of pyridine rings is 1. The highest BCUT2D eigenvalue weighted by Crippen LogP contribution is 2.27. The molecule has 2 heterocycles. The van der Waals surface area contributed by atoms with E-state index in [4.69, 9.17) is 11.6 Å². The molecule has 160 valence electrons. The summed E-state index contributed by atoms with van der Waals surface area (Å²) in [5.74, 6) is -0.231. The van der Waals surface area contributed by atoms with Crippen molar-refractivity contribution in [2.45, 2.75) is 39.8 Å². The number of nitrogens with zero attached hydrogens (tertiary/aromatic N) is 3. The lowest BCUT2D eigenvalue weighted by atomic mass is 10.0. The zero-order chi connectivity index (χ0) is 21.8. The van der Waals surface area contributed by atoms with E-state index in [1.807, 2.05) is 32.9 Å². The van der Waals surface area contributed by atoms with E-state index in [0.29, 0.717) is 42.5 Å². The summed E-state index contributed by atoms with van der Waals surface area (Å²) in [5, 5.41) is 12.7. The molecule has 2 aromatic rings. The first-order valence-corrected chi connectivity index (χ1v) is 10.4. The number of rotatable bonds is 5. The third-order valence-electron chi connectivity index (χ3n) is 5.53. The normalized spacial score (nSPS) is 17.1. The van der Waals surface area contributed by atoms with Gasteiger partial charge in [-0.3, -0.25) is 14.7 Å². The van der Waals surface area contributed by atoms with Crippen molar-refractivity contribution in [3.8, 4) is 0 Å². The molecule has 1 aromatic heterocycles. The van der Waals surface area contributed by atoms with Crippen molar-refractivity contribution in [1.82, 2.24) is 14.8 Å². The number of anilines is 1. The lowest BCUT2D eigenvalue weighted by Gasteiger charge is -2.38. The molecule has 1 aliphatic heterocycles. The highest BCUT2D eigenvalue weighted by Gasteiger charge is 2.27. The number of nitrogens with one attached hydrogen (secondary N) is 1. The van der Waals surface area contributed by atoms with Crippen LogP contribution in [0.2, 0.25) is 5.02 Å². The van der Waals surface area contributed by atoms with Gasteiger partial charge in [-0.1, -0.05) is 18.5 Å². The van der Waals surface area contributed by atoms with Gasteiger partial charge in [0.15, 0.2) is 0 Å². The van der Waals surface area contributed by atoms with Gasteiger partial charge >= 0.3 is 6.09 Å². The molecule has 8 heteroatoms. The Labute approximate surface area is 181 Å². The smallest absolute Gasteiger partial charge is 0.407 e. The quantitative estimate of drug-likeness (QED) is 0.747. The molecule has 7 nitrogen and oxygen atoms in total. The molecule has 0 spiro atoms. The van der Waals surface area contributed by atoms with Gasteiger partial charge in [-0.2, -0.15) is 0 Å². The first-order valence-electron chi connectivity index (χ1n) is 10.1. The maximum atomic E-state index is 12.7. The molecule has 30 heavy (non-hydrogen) atoms. The molecule has 0 saturated carbocycles. The number of carbonyl (C=O) groups is 2. The van der Waals surface area contributed by atoms with E-state index >= 15 is 0 Å². The van der Waals surface area contributed by atoms with Gasteiger partial charge in [-0.15, -0.1) is 0 Å². The fraction of sp³-hybridized carbons (Fsp3) is 0.409. The molecule has 2 N–H and O–H groups in total. The van der Waals surface area contributed by atoms with E-state index in [1.165, 1.54) is 4.90 Å². The van der Waals surface area contributed by atoms with Crippen molar-refractivity contribution in [3.05, 3.63) is 57.9 Å². The Balaban J connectivity index is 1.73. The number of aryl methyl sites for hydroxylation is 1. The zero-order valence-electron chi connectivity index (χ0n) is 17.5. The van der Waals surface area contributed by atoms with Gasteiger partial charge in [-0.25, -0.2) is 4.79 Å². The van der Waals surface area contributed by atoms with Crippen molar-refractivity contribution in [3.63, 3.8) is 0 Å². The molecule has 0 bridgehead atoms. The van der Waals surface area contributed by atoms with E-state index < -0.39 is 6.09 Å². The summed E-state index contributed by atoms with van der Waals surface area (Å²) in [6.45, 7) is 8.29. The summed E-state index contributed by atoms with van der Waals surface area (Å²) in [6.07, 6.45) is 1.52. The number of benzene rings is 1. The average Bonchev–Trinajstić information content (AvgIpc) is 2.71. The summed E-state index contributed by atoms with van der Waals surface area (Å²) in [7, 11) is 0. The molecule has 3 rings (SSSR count). The molecule has 2 amide bonds. The van der Waals surface area contributed by atoms with Gasteiger partial charge in [-0.05, 0) is 55.7 Å². The minimum atomic E-state index is -0.882. The van der Waals surface area contributed by atoms with Crippen LogP contribution < -0.4 is 5.32 Å². The molecule has 1 aromatic carbocycles. The van der Waals surface area contributed by atoms with Gasteiger partial charge in [0.1, 0.15) is 0 Å². The number of hydrogen-bond donors (Lipinski definition) is 2. The van der Waals surface area contributed by atoms with Crippen molar-refractivity contribution >= 4 is 29.3 Å². The number of amides is 2. The van der Waals surface area contributed by atoms with Crippen LogP contribution in [-0.4, -0.2) is 57.6 Å². The molecule has 1 aliphatic rings. The van der Waals surface area contributed by atoms with Gasteiger partial charge in [0.2, 0.25) is 0 Å². The number of carbonyl (C=O) groups excluding carboxylic acids is 1. The molecule has 1 fully saturated rings. The van der Waals surface area contributed by atoms with Crippen LogP contribution in [0.4, 0.5) is 10.5 Å². The predicted octanol–water partition coefficient (Wildman–Crippen LogP) is 4.04. The van der Waals surface area contributed by atoms with Gasteiger partial charge in [0, 0.05) is 54.8 Å². The van der Waals surface area contributed by atoms with Crippen LogP contribution in [0.15, 0.2) is 30.5 Å². The molecule has 1 saturated heterocycles. The van der Waals surface area contributed by atoms with E-state index in [2.05, 4.69) is 15.2 Å². The minimum absolute atomic E-state index is 0.0755. The second-order valence-corrected chi connectivity index (χ2v) is 8.08. The number of aromatic nitrogens is 1. The highest BCUT2D eigenvalue weighted by molar-refractivity contribution is 6.31. The largest absolute Gasteiger partial charge is 0.465 e.